The Bertz CT molecular complexity index is 875. The number of rotatable bonds is 4. The maximum atomic E-state index is 12.8. The molecular formula is C17H17F3N2O6S. The fourth-order valence-corrected chi connectivity index (χ4v) is 3.67. The smallest absolute Gasteiger partial charge is 0.394 e. The summed E-state index contributed by atoms with van der Waals surface area (Å²) < 4.78 is 43.7. The van der Waals surface area contributed by atoms with Crippen molar-refractivity contribution in [2.75, 3.05) is 11.9 Å². The van der Waals surface area contributed by atoms with Crippen LogP contribution in [-0.2, 0) is 10.9 Å². The molecule has 0 aliphatic carbocycles. The van der Waals surface area contributed by atoms with Crippen LogP contribution < -0.4 is 5.32 Å². The molecule has 29 heavy (non-hydrogen) atoms. The maximum Gasteiger partial charge on any atom is 0.416 e. The molecule has 0 radical (unpaired) electrons. The van der Waals surface area contributed by atoms with Gasteiger partial charge in [-0.1, -0.05) is 6.07 Å². The summed E-state index contributed by atoms with van der Waals surface area (Å²) in [6, 6.07) is 4.09. The van der Waals surface area contributed by atoms with Crippen molar-refractivity contribution >= 4 is 22.9 Å². The molecular weight excluding hydrogens is 417 g/mol. The Morgan fingerprint density at radius 3 is 2.59 bits per heavy atom. The summed E-state index contributed by atoms with van der Waals surface area (Å²) >= 11 is 0.911. The largest absolute Gasteiger partial charge is 0.416 e. The summed E-state index contributed by atoms with van der Waals surface area (Å²) in [5.41, 5.74) is -1.14. The van der Waals surface area contributed by atoms with Crippen molar-refractivity contribution in [1.29, 1.82) is 0 Å². The van der Waals surface area contributed by atoms with Crippen molar-refractivity contribution in [3.05, 3.63) is 45.9 Å². The molecule has 2 heterocycles. The Kier molecular flexibility index (Phi) is 6.22. The van der Waals surface area contributed by atoms with E-state index in [1.165, 1.54) is 11.4 Å². The molecule has 0 saturated carbocycles. The van der Waals surface area contributed by atoms with Crippen molar-refractivity contribution in [2.24, 2.45) is 0 Å². The van der Waals surface area contributed by atoms with Crippen molar-refractivity contribution in [3.8, 4) is 0 Å². The van der Waals surface area contributed by atoms with Gasteiger partial charge in [0.05, 0.1) is 12.2 Å². The van der Waals surface area contributed by atoms with E-state index in [1.54, 1.807) is 0 Å². The van der Waals surface area contributed by atoms with Crippen LogP contribution in [0.4, 0.5) is 18.9 Å². The highest BCUT2D eigenvalue weighted by Gasteiger charge is 2.45. The van der Waals surface area contributed by atoms with Gasteiger partial charge < -0.3 is 30.5 Å². The summed E-state index contributed by atoms with van der Waals surface area (Å²) in [4.78, 5) is 16.3. The fourth-order valence-electron chi connectivity index (χ4n) is 2.80. The number of ether oxygens (including phenoxy) is 1. The zero-order valence-electron chi connectivity index (χ0n) is 14.6. The van der Waals surface area contributed by atoms with E-state index in [9.17, 15) is 38.4 Å². The number of halogens is 3. The summed E-state index contributed by atoms with van der Waals surface area (Å²) in [6.07, 6.45) is -11.6. The molecule has 1 amide bonds. The molecule has 1 aromatic heterocycles. The number of nitrogens with one attached hydrogen (secondary N) is 1. The van der Waals surface area contributed by atoms with Gasteiger partial charge in [0.1, 0.15) is 41.2 Å². The van der Waals surface area contributed by atoms with Crippen LogP contribution in [0.5, 0.6) is 0 Å². The van der Waals surface area contributed by atoms with Gasteiger partial charge in [-0.25, -0.2) is 4.98 Å². The molecule has 8 nitrogen and oxygen atoms in total. The number of amides is 1. The predicted octanol–water partition coefficient (Wildman–Crippen LogP) is 0.929. The minimum Gasteiger partial charge on any atom is -0.394 e. The second kappa shape index (κ2) is 8.34. The lowest BCUT2D eigenvalue weighted by molar-refractivity contribution is -0.231. The van der Waals surface area contributed by atoms with E-state index < -0.39 is 54.8 Å². The molecule has 3 rings (SSSR count). The number of nitrogens with zero attached hydrogens (tertiary/aromatic N) is 1. The standard InChI is InChI=1S/C17H17F3N2O6S/c18-17(19,20)7-2-1-3-8(4-7)21-15(27)9-6-29-16(22-9)14-13(26)12(25)11(24)10(5-23)28-14/h1-4,6,10-14,23-26H,5H2,(H,21,27)/t10-,11+,12+,13-,14-/m1/s1. The first-order chi connectivity index (χ1) is 13.6. The first-order valence-corrected chi connectivity index (χ1v) is 9.24. The number of alkyl halides is 3. The lowest BCUT2D eigenvalue weighted by Gasteiger charge is -2.39. The third-order valence-electron chi connectivity index (χ3n) is 4.34. The van der Waals surface area contributed by atoms with E-state index in [0.717, 1.165) is 29.5 Å². The number of aliphatic hydroxyl groups excluding tert-OH is 4. The highest BCUT2D eigenvalue weighted by atomic mass is 32.1. The van der Waals surface area contributed by atoms with E-state index in [-0.39, 0.29) is 16.4 Å². The predicted molar refractivity (Wildman–Crippen MR) is 94.2 cm³/mol. The Labute approximate surface area is 166 Å². The van der Waals surface area contributed by atoms with Gasteiger partial charge in [0.2, 0.25) is 0 Å². The van der Waals surface area contributed by atoms with Gasteiger partial charge in [-0.05, 0) is 18.2 Å². The van der Waals surface area contributed by atoms with E-state index in [4.69, 9.17) is 4.74 Å². The molecule has 0 unspecified atom stereocenters. The minimum absolute atomic E-state index is 0.0767. The van der Waals surface area contributed by atoms with Gasteiger partial charge in [-0.2, -0.15) is 13.2 Å². The van der Waals surface area contributed by atoms with Crippen LogP contribution in [0.3, 0.4) is 0 Å². The number of anilines is 1. The zero-order valence-corrected chi connectivity index (χ0v) is 15.4. The molecule has 1 aromatic carbocycles. The number of aliphatic hydroxyl groups is 4. The summed E-state index contributed by atoms with van der Waals surface area (Å²) in [6.45, 7) is -0.615. The van der Waals surface area contributed by atoms with E-state index in [2.05, 4.69) is 10.3 Å². The number of aromatic nitrogens is 1. The number of carbonyl (C=O) groups is 1. The average Bonchev–Trinajstić information content (AvgIpc) is 3.16. The van der Waals surface area contributed by atoms with E-state index in [0.29, 0.717) is 0 Å². The number of thiazole rings is 1. The lowest BCUT2D eigenvalue weighted by Crippen LogP contribution is -2.55. The third kappa shape index (κ3) is 4.57. The van der Waals surface area contributed by atoms with E-state index in [1.807, 2.05) is 0 Å². The van der Waals surface area contributed by atoms with Crippen LogP contribution in [0.25, 0.3) is 0 Å². The second-order valence-electron chi connectivity index (χ2n) is 6.35. The molecule has 2 aromatic rings. The zero-order chi connectivity index (χ0) is 21.3. The Morgan fingerprint density at radius 1 is 1.21 bits per heavy atom. The number of benzene rings is 1. The molecule has 1 aliphatic rings. The van der Waals surface area contributed by atoms with Gasteiger partial charge in [0.15, 0.2) is 0 Å². The van der Waals surface area contributed by atoms with Crippen molar-refractivity contribution in [2.45, 2.75) is 36.7 Å². The van der Waals surface area contributed by atoms with Gasteiger partial charge in [-0.3, -0.25) is 4.79 Å². The van der Waals surface area contributed by atoms with Crippen molar-refractivity contribution in [1.82, 2.24) is 4.98 Å². The van der Waals surface area contributed by atoms with Crippen LogP contribution in [0, 0.1) is 0 Å². The summed E-state index contributed by atoms with van der Waals surface area (Å²) in [7, 11) is 0. The molecule has 1 aliphatic heterocycles. The van der Waals surface area contributed by atoms with Crippen molar-refractivity contribution in [3.63, 3.8) is 0 Å². The molecule has 5 N–H and O–H groups in total. The van der Waals surface area contributed by atoms with Crippen LogP contribution in [0.2, 0.25) is 0 Å². The van der Waals surface area contributed by atoms with Gasteiger partial charge in [0, 0.05) is 11.1 Å². The van der Waals surface area contributed by atoms with Crippen LogP contribution >= 0.6 is 11.3 Å². The fraction of sp³-hybridized carbons (Fsp3) is 0.412. The Hall–Kier alpha value is -2.09. The summed E-state index contributed by atoms with van der Waals surface area (Å²) in [5.74, 6) is -0.781. The lowest BCUT2D eigenvalue weighted by atomic mass is 9.95. The quantitative estimate of drug-likeness (QED) is 0.484. The van der Waals surface area contributed by atoms with E-state index >= 15 is 0 Å². The second-order valence-corrected chi connectivity index (χ2v) is 7.24. The van der Waals surface area contributed by atoms with Crippen LogP contribution in [0.1, 0.15) is 27.2 Å². The molecule has 12 heteroatoms. The topological polar surface area (TPSA) is 132 Å². The molecule has 0 spiro atoms. The van der Waals surface area contributed by atoms with Crippen LogP contribution in [0.15, 0.2) is 29.6 Å². The minimum atomic E-state index is -4.56. The Morgan fingerprint density at radius 2 is 1.93 bits per heavy atom. The molecule has 1 saturated heterocycles. The van der Waals surface area contributed by atoms with Gasteiger partial charge in [-0.15, -0.1) is 11.3 Å². The van der Waals surface area contributed by atoms with Crippen molar-refractivity contribution < 1.29 is 43.1 Å². The number of hydrogen-bond acceptors (Lipinski definition) is 8. The molecule has 5 atom stereocenters. The molecule has 158 valence electrons. The average molecular weight is 434 g/mol. The first kappa shape index (κ1) is 21.6. The molecule has 1 fully saturated rings. The highest BCUT2D eigenvalue weighted by molar-refractivity contribution is 7.09. The monoisotopic (exact) mass is 434 g/mol. The SMILES string of the molecule is O=C(Nc1cccc(C(F)(F)F)c1)c1csc([C@@H]2O[C@H](CO)[C@H](O)[C@H](O)[C@H]2O)n1. The van der Waals surface area contributed by atoms with Gasteiger partial charge in [0.25, 0.3) is 5.91 Å². The number of hydrogen-bond donors (Lipinski definition) is 5. The Balaban J connectivity index is 1.75. The first-order valence-electron chi connectivity index (χ1n) is 8.36. The van der Waals surface area contributed by atoms with Crippen LogP contribution in [-0.4, -0.2) is 62.3 Å². The molecule has 0 bridgehead atoms. The third-order valence-corrected chi connectivity index (χ3v) is 5.24. The maximum absolute atomic E-state index is 12.8. The highest BCUT2D eigenvalue weighted by Crippen LogP contribution is 2.34. The summed E-state index contributed by atoms with van der Waals surface area (Å²) in [5, 5.41) is 42.7. The normalized spacial score (nSPS) is 27.6. The van der Waals surface area contributed by atoms with Gasteiger partial charge >= 0.3 is 6.18 Å². The number of carbonyl (C=O) groups excluding carboxylic acids is 1.